The Morgan fingerprint density at radius 1 is 1.33 bits per heavy atom. The number of hydrogen-bond donors (Lipinski definition) is 0. The van der Waals surface area contributed by atoms with Crippen LogP contribution in [0, 0.1) is 0 Å². The molecular weight excluding hydrogens is 230 g/mol. The molecule has 0 N–H and O–H groups in total. The van der Waals surface area contributed by atoms with Gasteiger partial charge in [-0.3, -0.25) is 9.63 Å². The average molecular weight is 249 g/mol. The highest BCUT2D eigenvalue weighted by molar-refractivity contribution is 5.76. The van der Waals surface area contributed by atoms with Crippen molar-refractivity contribution >= 4 is 5.97 Å². The van der Waals surface area contributed by atoms with Crippen LogP contribution in [0.2, 0.25) is 0 Å². The Labute approximate surface area is 107 Å². The Balaban J connectivity index is 2.25. The maximum absolute atomic E-state index is 11.7. The van der Waals surface area contributed by atoms with E-state index in [0.29, 0.717) is 19.6 Å². The van der Waals surface area contributed by atoms with Gasteiger partial charge in [0.05, 0.1) is 12.6 Å². The van der Waals surface area contributed by atoms with Crippen LogP contribution < -0.4 is 0 Å². The van der Waals surface area contributed by atoms with Crippen molar-refractivity contribution in [3.8, 4) is 0 Å². The first-order chi connectivity index (χ1) is 8.77. The van der Waals surface area contributed by atoms with Crippen LogP contribution in [0.4, 0.5) is 0 Å². The molecule has 1 saturated heterocycles. The summed E-state index contributed by atoms with van der Waals surface area (Å²) < 4.78 is 5.26. The normalized spacial score (nSPS) is 24.9. The van der Waals surface area contributed by atoms with Gasteiger partial charge in [-0.25, -0.2) is 0 Å². The number of carbonyl (C=O) groups is 1. The third-order valence-electron chi connectivity index (χ3n) is 3.12. The van der Waals surface area contributed by atoms with Crippen molar-refractivity contribution in [2.75, 3.05) is 13.2 Å². The molecule has 0 amide bonds. The van der Waals surface area contributed by atoms with Gasteiger partial charge in [-0.15, -0.1) is 0 Å². The van der Waals surface area contributed by atoms with Gasteiger partial charge in [-0.05, 0) is 18.9 Å². The van der Waals surface area contributed by atoms with Crippen molar-refractivity contribution in [1.82, 2.24) is 5.06 Å². The summed E-state index contributed by atoms with van der Waals surface area (Å²) in [5, 5.41) is 1.79. The monoisotopic (exact) mass is 249 g/mol. The zero-order valence-corrected chi connectivity index (χ0v) is 10.8. The fraction of sp³-hybridized carbons (Fsp3) is 0.500. The van der Waals surface area contributed by atoms with E-state index in [1.807, 2.05) is 44.2 Å². The highest BCUT2D eigenvalue weighted by Gasteiger charge is 2.38. The maximum atomic E-state index is 11.7. The fourth-order valence-electron chi connectivity index (χ4n) is 2.25. The molecule has 1 aromatic rings. The summed E-state index contributed by atoms with van der Waals surface area (Å²) in [6.45, 7) is 4.78. The number of cyclic esters (lactones) is 1. The first kappa shape index (κ1) is 13.1. The van der Waals surface area contributed by atoms with E-state index in [-0.39, 0.29) is 18.1 Å². The van der Waals surface area contributed by atoms with Gasteiger partial charge in [-0.1, -0.05) is 37.3 Å². The largest absolute Gasteiger partial charge is 0.462 e. The summed E-state index contributed by atoms with van der Waals surface area (Å²) in [5.41, 5.74) is 1.11. The lowest BCUT2D eigenvalue weighted by molar-refractivity contribution is -0.247. The lowest BCUT2D eigenvalue weighted by Gasteiger charge is -2.39. The Kier molecular flexibility index (Phi) is 4.33. The molecule has 0 unspecified atom stereocenters. The van der Waals surface area contributed by atoms with Crippen LogP contribution in [0.3, 0.4) is 0 Å². The molecule has 1 fully saturated rings. The van der Waals surface area contributed by atoms with Crippen molar-refractivity contribution < 1.29 is 14.4 Å². The number of benzene rings is 1. The zero-order chi connectivity index (χ0) is 13.0. The van der Waals surface area contributed by atoms with E-state index in [4.69, 9.17) is 9.57 Å². The average Bonchev–Trinajstić information content (AvgIpc) is 2.41. The molecule has 0 aromatic heterocycles. The van der Waals surface area contributed by atoms with Gasteiger partial charge in [0.1, 0.15) is 12.6 Å². The van der Waals surface area contributed by atoms with Crippen LogP contribution >= 0.6 is 0 Å². The van der Waals surface area contributed by atoms with Gasteiger partial charge in [0.2, 0.25) is 0 Å². The number of rotatable bonds is 4. The minimum absolute atomic E-state index is 0.0196. The van der Waals surface area contributed by atoms with Crippen LogP contribution in [-0.2, 0) is 14.4 Å². The predicted octanol–water partition coefficient (Wildman–Crippen LogP) is 2.32. The van der Waals surface area contributed by atoms with Crippen molar-refractivity contribution in [3.05, 3.63) is 35.9 Å². The number of carbonyl (C=O) groups excluding carboxylic acids is 1. The minimum Gasteiger partial charge on any atom is -0.462 e. The summed E-state index contributed by atoms with van der Waals surface area (Å²) in [6, 6.07) is 9.66. The molecule has 18 heavy (non-hydrogen) atoms. The molecule has 0 bridgehead atoms. The van der Waals surface area contributed by atoms with Crippen LogP contribution in [0.1, 0.15) is 31.9 Å². The molecule has 1 aromatic carbocycles. The minimum atomic E-state index is -0.316. The Morgan fingerprint density at radius 3 is 2.67 bits per heavy atom. The fourth-order valence-corrected chi connectivity index (χ4v) is 2.25. The third kappa shape index (κ3) is 2.54. The maximum Gasteiger partial charge on any atom is 0.325 e. The molecule has 0 saturated carbocycles. The molecule has 0 spiro atoms. The van der Waals surface area contributed by atoms with Crippen LogP contribution in [0.25, 0.3) is 0 Å². The molecule has 1 heterocycles. The molecule has 4 nitrogen and oxygen atoms in total. The quantitative estimate of drug-likeness (QED) is 0.768. The SMILES string of the molecule is CCON1[C@H](CC)C(=O)OC[C@H]1c1ccccc1. The van der Waals surface area contributed by atoms with E-state index in [9.17, 15) is 4.79 Å². The van der Waals surface area contributed by atoms with Gasteiger partial charge in [0.25, 0.3) is 0 Å². The molecule has 2 atom stereocenters. The van der Waals surface area contributed by atoms with Gasteiger partial charge in [0, 0.05) is 0 Å². The smallest absolute Gasteiger partial charge is 0.325 e. The van der Waals surface area contributed by atoms with Crippen LogP contribution in [-0.4, -0.2) is 30.3 Å². The van der Waals surface area contributed by atoms with E-state index in [0.717, 1.165) is 5.56 Å². The highest BCUT2D eigenvalue weighted by Crippen LogP contribution is 2.29. The van der Waals surface area contributed by atoms with Crippen molar-refractivity contribution in [3.63, 3.8) is 0 Å². The zero-order valence-electron chi connectivity index (χ0n) is 10.8. The number of nitrogens with zero attached hydrogens (tertiary/aromatic N) is 1. The van der Waals surface area contributed by atoms with Gasteiger partial charge in [-0.2, -0.15) is 5.06 Å². The van der Waals surface area contributed by atoms with E-state index >= 15 is 0 Å². The van der Waals surface area contributed by atoms with Crippen molar-refractivity contribution in [2.45, 2.75) is 32.4 Å². The molecule has 98 valence electrons. The van der Waals surface area contributed by atoms with Gasteiger partial charge in [0.15, 0.2) is 0 Å². The standard InChI is InChI=1S/C14H19NO3/c1-3-12-14(16)17-10-13(15(12)18-4-2)11-8-6-5-7-9-11/h5-9,12-13H,3-4,10H2,1-2H3/t12-,13+/m1/s1. The van der Waals surface area contributed by atoms with E-state index in [1.165, 1.54) is 0 Å². The van der Waals surface area contributed by atoms with E-state index < -0.39 is 0 Å². The Hall–Kier alpha value is -1.39. The van der Waals surface area contributed by atoms with Gasteiger partial charge >= 0.3 is 5.97 Å². The molecule has 1 aliphatic heterocycles. The summed E-state index contributed by atoms with van der Waals surface area (Å²) in [4.78, 5) is 17.4. The number of hydroxylamine groups is 2. The van der Waals surface area contributed by atoms with E-state index in [1.54, 1.807) is 5.06 Å². The summed E-state index contributed by atoms with van der Waals surface area (Å²) in [6.07, 6.45) is 0.683. The number of ether oxygens (including phenoxy) is 1. The second-order valence-corrected chi connectivity index (χ2v) is 4.26. The lowest BCUT2D eigenvalue weighted by Crippen LogP contribution is -2.50. The molecule has 0 aliphatic carbocycles. The second kappa shape index (κ2) is 5.98. The van der Waals surface area contributed by atoms with Crippen molar-refractivity contribution in [2.24, 2.45) is 0 Å². The molecule has 1 aliphatic rings. The van der Waals surface area contributed by atoms with Crippen LogP contribution in [0.15, 0.2) is 30.3 Å². The third-order valence-corrected chi connectivity index (χ3v) is 3.12. The Bertz CT molecular complexity index is 393. The molecule has 4 heteroatoms. The molecular formula is C14H19NO3. The molecule has 0 radical (unpaired) electrons. The first-order valence-corrected chi connectivity index (χ1v) is 6.40. The first-order valence-electron chi connectivity index (χ1n) is 6.40. The highest BCUT2D eigenvalue weighted by atomic mass is 16.7. The van der Waals surface area contributed by atoms with Gasteiger partial charge < -0.3 is 4.74 Å². The topological polar surface area (TPSA) is 38.8 Å². The van der Waals surface area contributed by atoms with Crippen molar-refractivity contribution in [1.29, 1.82) is 0 Å². The second-order valence-electron chi connectivity index (χ2n) is 4.26. The lowest BCUT2D eigenvalue weighted by atomic mass is 10.0. The predicted molar refractivity (Wildman–Crippen MR) is 67.7 cm³/mol. The summed E-state index contributed by atoms with van der Waals surface area (Å²) in [7, 11) is 0. The number of esters is 1. The molecule has 2 rings (SSSR count). The summed E-state index contributed by atoms with van der Waals surface area (Å²) in [5.74, 6) is -0.196. The van der Waals surface area contributed by atoms with E-state index in [2.05, 4.69) is 0 Å². The van der Waals surface area contributed by atoms with Crippen LogP contribution in [0.5, 0.6) is 0 Å². The Morgan fingerprint density at radius 2 is 2.06 bits per heavy atom. The number of morpholine rings is 1. The number of hydrogen-bond acceptors (Lipinski definition) is 4. The summed E-state index contributed by atoms with van der Waals surface area (Å²) >= 11 is 0.